The molecule has 0 aromatic heterocycles. The van der Waals surface area contributed by atoms with Gasteiger partial charge < -0.3 is 10.4 Å². The van der Waals surface area contributed by atoms with Crippen LogP contribution in [0.3, 0.4) is 0 Å². The van der Waals surface area contributed by atoms with Gasteiger partial charge in [0.1, 0.15) is 0 Å². The third-order valence-corrected chi connectivity index (χ3v) is 5.69. The van der Waals surface area contributed by atoms with Crippen molar-refractivity contribution in [1.29, 1.82) is 0 Å². The van der Waals surface area contributed by atoms with Gasteiger partial charge in [-0.25, -0.2) is 0 Å². The molecule has 0 bridgehead atoms. The topological polar surface area (TPSA) is 32.3 Å². The molecule has 2 aliphatic carbocycles. The van der Waals surface area contributed by atoms with Gasteiger partial charge >= 0.3 is 0 Å². The van der Waals surface area contributed by atoms with Crippen LogP contribution < -0.4 is 5.32 Å². The van der Waals surface area contributed by atoms with E-state index >= 15 is 0 Å². The largest absolute Gasteiger partial charge is 0.392 e. The van der Waals surface area contributed by atoms with E-state index in [1.54, 1.807) is 0 Å². The van der Waals surface area contributed by atoms with E-state index in [0.717, 1.165) is 19.4 Å². The Morgan fingerprint density at radius 1 is 1.11 bits per heavy atom. The molecule has 0 heterocycles. The van der Waals surface area contributed by atoms with Crippen LogP contribution >= 0.6 is 0 Å². The van der Waals surface area contributed by atoms with E-state index in [-0.39, 0.29) is 6.10 Å². The monoisotopic (exact) mass is 253 g/mol. The zero-order valence-electron chi connectivity index (χ0n) is 12.3. The molecule has 0 aromatic rings. The highest BCUT2D eigenvalue weighted by Gasteiger charge is 2.46. The molecule has 2 fully saturated rings. The van der Waals surface area contributed by atoms with E-state index < -0.39 is 0 Å². The number of rotatable bonds is 6. The smallest absolute Gasteiger partial charge is 0.0692 e. The fourth-order valence-corrected chi connectivity index (χ4v) is 4.13. The summed E-state index contributed by atoms with van der Waals surface area (Å²) >= 11 is 0. The molecule has 0 aliphatic heterocycles. The zero-order chi connectivity index (χ0) is 13.0. The molecule has 106 valence electrons. The van der Waals surface area contributed by atoms with Gasteiger partial charge in [0.15, 0.2) is 0 Å². The molecule has 0 saturated heterocycles. The number of aliphatic hydroxyl groups excluding tert-OH is 1. The highest BCUT2D eigenvalue weighted by Crippen LogP contribution is 2.51. The summed E-state index contributed by atoms with van der Waals surface area (Å²) in [6.07, 6.45) is 11.9. The highest BCUT2D eigenvalue weighted by molar-refractivity contribution is 5.01. The Morgan fingerprint density at radius 2 is 1.78 bits per heavy atom. The van der Waals surface area contributed by atoms with Crippen LogP contribution in [-0.2, 0) is 0 Å². The second kappa shape index (κ2) is 6.38. The lowest BCUT2D eigenvalue weighted by Gasteiger charge is -2.53. The number of aliphatic hydroxyl groups is 1. The summed E-state index contributed by atoms with van der Waals surface area (Å²) < 4.78 is 0. The normalized spacial score (nSPS) is 28.3. The van der Waals surface area contributed by atoms with Gasteiger partial charge in [-0.3, -0.25) is 0 Å². The van der Waals surface area contributed by atoms with Crippen molar-refractivity contribution >= 4 is 0 Å². The molecule has 2 rings (SSSR count). The first kappa shape index (κ1) is 14.3. The van der Waals surface area contributed by atoms with Gasteiger partial charge in [-0.1, -0.05) is 46.0 Å². The van der Waals surface area contributed by atoms with Crippen LogP contribution in [0.2, 0.25) is 0 Å². The minimum absolute atomic E-state index is 0.152. The van der Waals surface area contributed by atoms with E-state index in [0.29, 0.717) is 17.4 Å². The molecule has 0 radical (unpaired) electrons. The fourth-order valence-electron chi connectivity index (χ4n) is 4.13. The van der Waals surface area contributed by atoms with Crippen molar-refractivity contribution in [2.75, 3.05) is 6.54 Å². The van der Waals surface area contributed by atoms with Gasteiger partial charge in [0.25, 0.3) is 0 Å². The molecule has 2 heteroatoms. The number of hydrogen-bond donors (Lipinski definition) is 2. The first-order valence-electron chi connectivity index (χ1n) is 8.13. The Hall–Kier alpha value is -0.0800. The molecular formula is C16H31NO. The van der Waals surface area contributed by atoms with E-state index in [9.17, 15) is 5.11 Å². The summed E-state index contributed by atoms with van der Waals surface area (Å²) in [6, 6.07) is 0.696. The quantitative estimate of drug-likeness (QED) is 0.759. The zero-order valence-corrected chi connectivity index (χ0v) is 12.3. The summed E-state index contributed by atoms with van der Waals surface area (Å²) in [5.41, 5.74) is 0.617. The first-order chi connectivity index (χ1) is 8.72. The Kier molecular flexibility index (Phi) is 5.08. The molecule has 18 heavy (non-hydrogen) atoms. The number of hydrogen-bond acceptors (Lipinski definition) is 2. The van der Waals surface area contributed by atoms with Crippen LogP contribution in [0.1, 0.15) is 71.6 Å². The maximum Gasteiger partial charge on any atom is 0.0692 e. The van der Waals surface area contributed by atoms with E-state index in [4.69, 9.17) is 0 Å². The third-order valence-electron chi connectivity index (χ3n) is 5.69. The lowest BCUT2D eigenvalue weighted by Crippen LogP contribution is -2.56. The molecule has 2 nitrogen and oxygen atoms in total. The van der Waals surface area contributed by atoms with Gasteiger partial charge in [0.05, 0.1) is 6.10 Å². The predicted molar refractivity (Wildman–Crippen MR) is 76.6 cm³/mol. The predicted octanol–water partition coefficient (Wildman–Crippen LogP) is 3.49. The molecule has 2 unspecified atom stereocenters. The van der Waals surface area contributed by atoms with E-state index in [1.807, 2.05) is 0 Å². The summed E-state index contributed by atoms with van der Waals surface area (Å²) in [5, 5.41) is 13.9. The second-order valence-corrected chi connectivity index (χ2v) is 6.57. The van der Waals surface area contributed by atoms with Crippen molar-refractivity contribution < 1.29 is 5.11 Å². The minimum atomic E-state index is -0.152. The maximum atomic E-state index is 10.2. The van der Waals surface area contributed by atoms with Crippen LogP contribution in [0, 0.1) is 11.3 Å². The van der Waals surface area contributed by atoms with E-state index in [2.05, 4.69) is 19.2 Å². The average Bonchev–Trinajstić information content (AvgIpc) is 2.40. The van der Waals surface area contributed by atoms with Gasteiger partial charge in [-0.15, -0.1) is 0 Å². The summed E-state index contributed by atoms with van der Waals surface area (Å²) in [7, 11) is 0. The minimum Gasteiger partial charge on any atom is -0.392 e. The van der Waals surface area contributed by atoms with E-state index in [1.165, 1.54) is 44.9 Å². The summed E-state index contributed by atoms with van der Waals surface area (Å²) in [6.45, 7) is 5.17. The Bertz CT molecular complexity index is 243. The van der Waals surface area contributed by atoms with Crippen molar-refractivity contribution in [2.45, 2.75) is 83.8 Å². The standard InChI is InChI=1S/C16H31NO/c1-3-13(4-2)14(18)12-17-15-8-11-16(15)9-6-5-7-10-16/h13-15,17-18H,3-12H2,1-2H3. The fraction of sp³-hybridized carbons (Fsp3) is 1.00. The Morgan fingerprint density at radius 3 is 2.28 bits per heavy atom. The average molecular weight is 253 g/mol. The lowest BCUT2D eigenvalue weighted by molar-refractivity contribution is 0.00952. The molecule has 0 aromatic carbocycles. The van der Waals surface area contributed by atoms with Crippen LogP contribution in [0.15, 0.2) is 0 Å². The van der Waals surface area contributed by atoms with Crippen molar-refractivity contribution in [2.24, 2.45) is 11.3 Å². The Labute approximate surface area is 113 Å². The van der Waals surface area contributed by atoms with Gasteiger partial charge in [-0.2, -0.15) is 0 Å². The molecular weight excluding hydrogens is 222 g/mol. The maximum absolute atomic E-state index is 10.2. The number of nitrogens with one attached hydrogen (secondary N) is 1. The van der Waals surface area contributed by atoms with Crippen LogP contribution in [0.4, 0.5) is 0 Å². The van der Waals surface area contributed by atoms with Gasteiger partial charge in [0, 0.05) is 12.6 Å². The molecule has 2 atom stereocenters. The van der Waals surface area contributed by atoms with Crippen LogP contribution in [-0.4, -0.2) is 23.8 Å². The van der Waals surface area contributed by atoms with Crippen molar-refractivity contribution in [3.8, 4) is 0 Å². The first-order valence-corrected chi connectivity index (χ1v) is 8.13. The van der Waals surface area contributed by atoms with Crippen LogP contribution in [0.25, 0.3) is 0 Å². The molecule has 2 saturated carbocycles. The SMILES string of the molecule is CCC(CC)C(O)CNC1CCC12CCCCC2. The van der Waals surface area contributed by atoms with Crippen LogP contribution in [0.5, 0.6) is 0 Å². The molecule has 2 N–H and O–H groups in total. The van der Waals surface area contributed by atoms with Crippen molar-refractivity contribution in [3.05, 3.63) is 0 Å². The lowest BCUT2D eigenvalue weighted by atomic mass is 9.57. The van der Waals surface area contributed by atoms with Gasteiger partial charge in [-0.05, 0) is 37.0 Å². The molecule has 1 spiro atoms. The summed E-state index contributed by atoms with van der Waals surface area (Å²) in [5.74, 6) is 0.472. The second-order valence-electron chi connectivity index (χ2n) is 6.57. The highest BCUT2D eigenvalue weighted by atomic mass is 16.3. The molecule has 0 amide bonds. The Balaban J connectivity index is 1.76. The summed E-state index contributed by atoms with van der Waals surface area (Å²) in [4.78, 5) is 0. The van der Waals surface area contributed by atoms with Gasteiger partial charge in [0.2, 0.25) is 0 Å². The molecule has 2 aliphatic rings. The van der Waals surface area contributed by atoms with Crippen molar-refractivity contribution in [1.82, 2.24) is 5.32 Å². The third kappa shape index (κ3) is 2.91. The van der Waals surface area contributed by atoms with Crippen molar-refractivity contribution in [3.63, 3.8) is 0 Å².